The number of carbonyl (C=O) groups excluding carboxylic acids is 1. The molecule has 0 saturated carbocycles. The summed E-state index contributed by atoms with van der Waals surface area (Å²) >= 11 is 0. The molecular weight excluding hydrogens is 344 g/mol. The summed E-state index contributed by atoms with van der Waals surface area (Å²) in [5.74, 6) is 1.12. The smallest absolute Gasteiger partial charge is 0.258 e. The van der Waals surface area contributed by atoms with Crippen LogP contribution in [-0.4, -0.2) is 31.2 Å². The van der Waals surface area contributed by atoms with Crippen molar-refractivity contribution < 1.29 is 14.3 Å². The van der Waals surface area contributed by atoms with Gasteiger partial charge in [-0.25, -0.2) is 0 Å². The van der Waals surface area contributed by atoms with Crippen molar-refractivity contribution in [2.45, 2.75) is 6.42 Å². The van der Waals surface area contributed by atoms with Crippen molar-refractivity contribution in [2.24, 2.45) is 7.05 Å². The van der Waals surface area contributed by atoms with Gasteiger partial charge in [-0.05, 0) is 30.2 Å². The first-order valence-corrected chi connectivity index (χ1v) is 8.62. The molecule has 0 aliphatic heterocycles. The summed E-state index contributed by atoms with van der Waals surface area (Å²) in [6.45, 7) is 0.464. The van der Waals surface area contributed by atoms with Crippen LogP contribution in [-0.2, 0) is 13.5 Å². The largest absolute Gasteiger partial charge is 0.493 e. The van der Waals surface area contributed by atoms with Crippen LogP contribution in [0.5, 0.6) is 11.5 Å². The minimum Gasteiger partial charge on any atom is -0.493 e. The van der Waals surface area contributed by atoms with E-state index in [1.165, 1.54) is 4.57 Å². The Kier molecular flexibility index (Phi) is 5.45. The number of ether oxygens (including phenoxy) is 2. The molecule has 3 rings (SSSR count). The van der Waals surface area contributed by atoms with Crippen LogP contribution in [0, 0.1) is 0 Å². The Balaban J connectivity index is 1.75. The highest BCUT2D eigenvalue weighted by Gasteiger charge is 2.13. The van der Waals surface area contributed by atoms with Crippen molar-refractivity contribution in [1.29, 1.82) is 0 Å². The van der Waals surface area contributed by atoms with Crippen LogP contribution in [0.1, 0.15) is 15.9 Å². The molecule has 0 spiro atoms. The summed E-state index contributed by atoms with van der Waals surface area (Å²) in [7, 11) is 4.83. The molecule has 0 saturated heterocycles. The van der Waals surface area contributed by atoms with Crippen LogP contribution >= 0.6 is 0 Å². The van der Waals surface area contributed by atoms with Gasteiger partial charge in [-0.2, -0.15) is 0 Å². The first-order valence-electron chi connectivity index (χ1n) is 8.62. The molecule has 1 heterocycles. The third-order valence-electron chi connectivity index (χ3n) is 4.48. The summed E-state index contributed by atoms with van der Waals surface area (Å²) in [4.78, 5) is 24.9. The van der Waals surface area contributed by atoms with Gasteiger partial charge in [0.1, 0.15) is 0 Å². The lowest BCUT2D eigenvalue weighted by molar-refractivity contribution is 0.0955. The molecule has 6 nitrogen and oxygen atoms in total. The van der Waals surface area contributed by atoms with Crippen molar-refractivity contribution in [2.75, 3.05) is 20.8 Å². The molecule has 0 fully saturated rings. The van der Waals surface area contributed by atoms with Crippen LogP contribution in [0.25, 0.3) is 10.8 Å². The highest BCUT2D eigenvalue weighted by atomic mass is 16.5. The second kappa shape index (κ2) is 7.95. The van der Waals surface area contributed by atoms with Gasteiger partial charge in [0.25, 0.3) is 11.5 Å². The summed E-state index contributed by atoms with van der Waals surface area (Å²) < 4.78 is 12.0. The molecule has 140 valence electrons. The summed E-state index contributed by atoms with van der Waals surface area (Å²) in [5.41, 5.74) is 1.39. The molecule has 0 atom stereocenters. The molecule has 27 heavy (non-hydrogen) atoms. The number of aromatic nitrogens is 1. The zero-order valence-electron chi connectivity index (χ0n) is 15.6. The van der Waals surface area contributed by atoms with Gasteiger partial charge < -0.3 is 19.4 Å². The Morgan fingerprint density at radius 2 is 1.74 bits per heavy atom. The van der Waals surface area contributed by atoms with E-state index < -0.39 is 0 Å². The molecule has 0 bridgehead atoms. The number of amides is 1. The third-order valence-corrected chi connectivity index (χ3v) is 4.48. The summed E-state index contributed by atoms with van der Waals surface area (Å²) in [6.07, 6.45) is 2.23. The number of aryl methyl sites for hydroxylation is 1. The molecule has 1 amide bonds. The maximum absolute atomic E-state index is 12.7. The number of nitrogens with zero attached hydrogens (tertiary/aromatic N) is 1. The Morgan fingerprint density at radius 1 is 1.04 bits per heavy atom. The fraction of sp³-hybridized carbons (Fsp3) is 0.238. The quantitative estimate of drug-likeness (QED) is 0.728. The average molecular weight is 366 g/mol. The van der Waals surface area contributed by atoms with E-state index in [-0.39, 0.29) is 11.5 Å². The number of rotatable bonds is 6. The van der Waals surface area contributed by atoms with Gasteiger partial charge >= 0.3 is 0 Å². The molecule has 1 aromatic heterocycles. The zero-order valence-corrected chi connectivity index (χ0v) is 15.6. The highest BCUT2D eigenvalue weighted by Crippen LogP contribution is 2.27. The number of hydrogen-bond acceptors (Lipinski definition) is 4. The van der Waals surface area contributed by atoms with Gasteiger partial charge in [0.05, 0.1) is 19.8 Å². The van der Waals surface area contributed by atoms with Gasteiger partial charge in [-0.3, -0.25) is 9.59 Å². The van der Waals surface area contributed by atoms with Crippen LogP contribution in [0.4, 0.5) is 0 Å². The Hall–Kier alpha value is -3.28. The van der Waals surface area contributed by atoms with Gasteiger partial charge in [-0.15, -0.1) is 0 Å². The van der Waals surface area contributed by atoms with Crippen LogP contribution < -0.4 is 20.3 Å². The fourth-order valence-corrected chi connectivity index (χ4v) is 3.05. The Bertz CT molecular complexity index is 1040. The van der Waals surface area contributed by atoms with Crippen molar-refractivity contribution in [3.8, 4) is 11.5 Å². The third kappa shape index (κ3) is 3.79. The van der Waals surface area contributed by atoms with E-state index in [9.17, 15) is 9.59 Å². The van der Waals surface area contributed by atoms with Crippen molar-refractivity contribution in [3.05, 3.63) is 70.1 Å². The van der Waals surface area contributed by atoms with E-state index in [1.807, 2.05) is 24.3 Å². The second-order valence-electron chi connectivity index (χ2n) is 6.20. The summed E-state index contributed by atoms with van der Waals surface area (Å²) in [5, 5.41) is 4.12. The van der Waals surface area contributed by atoms with Crippen LogP contribution in [0.3, 0.4) is 0 Å². The molecule has 1 N–H and O–H groups in total. The monoisotopic (exact) mass is 366 g/mol. The number of benzene rings is 2. The maximum atomic E-state index is 12.7. The van der Waals surface area contributed by atoms with E-state index in [4.69, 9.17) is 9.47 Å². The van der Waals surface area contributed by atoms with Crippen LogP contribution in [0.2, 0.25) is 0 Å². The van der Waals surface area contributed by atoms with Crippen molar-refractivity contribution in [1.82, 2.24) is 9.88 Å². The van der Waals surface area contributed by atoms with Crippen molar-refractivity contribution >= 4 is 16.7 Å². The maximum Gasteiger partial charge on any atom is 0.258 e. The normalized spacial score (nSPS) is 10.6. The first kappa shape index (κ1) is 18.5. The number of fused-ring (bicyclic) bond motifs is 1. The van der Waals surface area contributed by atoms with E-state index in [2.05, 4.69) is 5.32 Å². The van der Waals surface area contributed by atoms with E-state index >= 15 is 0 Å². The highest BCUT2D eigenvalue weighted by molar-refractivity contribution is 6.06. The van der Waals surface area contributed by atoms with E-state index in [1.54, 1.807) is 45.7 Å². The lowest BCUT2D eigenvalue weighted by Crippen LogP contribution is -2.28. The van der Waals surface area contributed by atoms with Gasteiger partial charge in [-0.1, -0.05) is 24.3 Å². The molecule has 0 aliphatic carbocycles. The molecule has 3 aromatic rings. The molecule has 0 radical (unpaired) electrons. The predicted molar refractivity (Wildman–Crippen MR) is 105 cm³/mol. The topological polar surface area (TPSA) is 69.6 Å². The number of pyridine rings is 1. The van der Waals surface area contributed by atoms with E-state index in [0.29, 0.717) is 40.8 Å². The minimum absolute atomic E-state index is 0.118. The molecular formula is C21H22N2O4. The van der Waals surface area contributed by atoms with Gasteiger partial charge in [0.15, 0.2) is 11.5 Å². The molecule has 0 unspecified atom stereocenters. The predicted octanol–water partition coefficient (Wildman–Crippen LogP) is 2.53. The lowest BCUT2D eigenvalue weighted by atomic mass is 10.1. The summed E-state index contributed by atoms with van der Waals surface area (Å²) in [6, 6.07) is 12.8. The minimum atomic E-state index is -0.206. The number of hydrogen-bond donors (Lipinski definition) is 1. The van der Waals surface area contributed by atoms with Gasteiger partial charge in [0, 0.05) is 30.6 Å². The SMILES string of the molecule is COc1ccc(CCNC(=O)c2cn(C)c(=O)c3ccccc23)cc1OC. The Labute approximate surface area is 157 Å². The lowest BCUT2D eigenvalue weighted by Gasteiger charge is -2.11. The first-order chi connectivity index (χ1) is 13.0. The standard InChI is InChI=1S/C21H22N2O4/c1-23-13-17(15-6-4-5-7-16(15)21(23)25)20(24)22-11-10-14-8-9-18(26-2)19(12-14)27-3/h4-9,12-13H,10-11H2,1-3H3,(H,22,24). The number of nitrogens with one attached hydrogen (secondary N) is 1. The number of carbonyl (C=O) groups is 1. The molecule has 2 aromatic carbocycles. The number of methoxy groups -OCH3 is 2. The van der Waals surface area contributed by atoms with Crippen LogP contribution in [0.15, 0.2) is 53.5 Å². The fourth-order valence-electron chi connectivity index (χ4n) is 3.05. The van der Waals surface area contributed by atoms with E-state index in [0.717, 1.165) is 5.56 Å². The second-order valence-corrected chi connectivity index (χ2v) is 6.20. The van der Waals surface area contributed by atoms with Gasteiger partial charge in [0.2, 0.25) is 0 Å². The molecule has 6 heteroatoms. The Morgan fingerprint density at radius 3 is 2.44 bits per heavy atom. The molecule has 0 aliphatic rings. The van der Waals surface area contributed by atoms with Crippen molar-refractivity contribution in [3.63, 3.8) is 0 Å². The zero-order chi connectivity index (χ0) is 19.4. The average Bonchev–Trinajstić information content (AvgIpc) is 2.70.